The van der Waals surface area contributed by atoms with E-state index >= 15 is 0 Å². The van der Waals surface area contributed by atoms with Crippen LogP contribution in [0.25, 0.3) is 0 Å². The molecule has 6 aromatic carbocycles. The van der Waals surface area contributed by atoms with Crippen LogP contribution in [0.15, 0.2) is 148 Å². The van der Waals surface area contributed by atoms with E-state index in [9.17, 15) is 25.3 Å². The molecule has 0 saturated carbocycles. The number of nitrogens with one attached hydrogen (secondary N) is 3. The molecule has 0 fully saturated rings. The van der Waals surface area contributed by atoms with Crippen LogP contribution in [0.3, 0.4) is 0 Å². The van der Waals surface area contributed by atoms with Crippen LogP contribution in [0.5, 0.6) is 0 Å². The molecule has 0 amide bonds. The van der Waals surface area contributed by atoms with E-state index in [1.54, 1.807) is 82.2 Å². The third-order valence-electron chi connectivity index (χ3n) is 21.7. The Labute approximate surface area is 749 Å². The highest BCUT2D eigenvalue weighted by Crippen LogP contribution is 2.43. The number of hydrogen-bond acceptors (Lipinski definition) is 24. The van der Waals surface area contributed by atoms with Crippen molar-refractivity contribution in [2.75, 3.05) is 192 Å². The molecule has 0 spiro atoms. The SMILES string of the molecule is CC1=[N+]2C1C(CN(Cc1cn(CCOCCOCCOCCNS(=O)(=O)c3cccc(C4CN(C)Cc5c(Cl)cc(Cl)cc54)c3)nn1)Cc1cn(CCOCCOCCOCCNS(=O)(=O)c3cccc(C4CN(C)Cc5c(Cl)cc(Cl)cc54)c3)nn1)=CN2CCOCCOCCOCCNS(=O)(=O)c1cccc(C2CN(C)Cc3c(Cl)cc(Cl)cc32)c1. The molecule has 0 aliphatic carbocycles. The van der Waals surface area contributed by atoms with Crippen LogP contribution in [0.1, 0.15) is 86.1 Å². The van der Waals surface area contributed by atoms with Gasteiger partial charge in [-0.05, 0) is 144 Å². The molecule has 0 bridgehead atoms. The number of hydrogen-bond donors (Lipinski definition) is 3. The number of ether oxygens (including phenoxy) is 9. The number of sulfonamides is 3. The van der Waals surface area contributed by atoms with E-state index in [-0.39, 0.29) is 97.8 Å². The summed E-state index contributed by atoms with van der Waals surface area (Å²) in [5.41, 5.74) is 12.5. The van der Waals surface area contributed by atoms with E-state index in [1.165, 1.54) is 11.3 Å². The van der Waals surface area contributed by atoms with Gasteiger partial charge in [0.25, 0.3) is 11.8 Å². The van der Waals surface area contributed by atoms with E-state index < -0.39 is 30.1 Å². The molecule has 123 heavy (non-hydrogen) atoms. The quantitative estimate of drug-likeness (QED) is 0.0236. The van der Waals surface area contributed by atoms with Crippen LogP contribution in [0, 0.1) is 0 Å². The number of nitrogens with zero attached hydrogens (tertiary/aromatic N) is 12. The Hall–Kier alpha value is -6.24. The molecule has 3 N–H and O–H groups in total. The highest BCUT2D eigenvalue weighted by molar-refractivity contribution is 7.90. The Balaban J connectivity index is 0.512. The average molecular weight is 1870 g/mol. The lowest BCUT2D eigenvalue weighted by Crippen LogP contribution is -2.31. The van der Waals surface area contributed by atoms with Gasteiger partial charge in [-0.15, -0.1) is 10.2 Å². The summed E-state index contributed by atoms with van der Waals surface area (Å²) in [5, 5.41) is 23.6. The molecule has 5 aliphatic rings. The molecule has 0 saturated heterocycles. The van der Waals surface area contributed by atoms with Crippen molar-refractivity contribution in [3.05, 3.63) is 225 Å². The molecule has 0 radical (unpaired) electrons. The standard InChI is InChI=1S/C84H106Cl6N15O15S3/c1-59-84-63(48-104(105(59)84)19-25-117-31-37-120-34-28-114-22-16-93-123(110,111)71-13-7-10-62(40-71)77-55-100(4)58-80-74(77)43-66(87)46-83(80)90)47-101(49-67-51-102(96-94-67)17-23-115-29-35-118-32-26-112-20-14-91-121(106,107)69-11-5-8-60(38-69)75-53-98(2)56-78-72(75)41-64(85)44-81(78)88)50-68-52-103(97-95-68)18-24-116-30-36-119-33-27-113-21-15-92-122(108,109)70-12-6-9-61(39-70)76-54-99(3)57-79-73(76)42-65(86)45-82(79)89/h5-13,38-46,48,51-52,75-77,84,91-93H,14-37,47,49-50,53-58H2,1-4H3/q+1. The lowest BCUT2D eigenvalue weighted by molar-refractivity contribution is -0.614. The summed E-state index contributed by atoms with van der Waals surface area (Å²) < 4.78 is 146. The smallest absolute Gasteiger partial charge is 0.286 e. The Morgan fingerprint density at radius 2 is 0.732 bits per heavy atom. The first-order valence-corrected chi connectivity index (χ1v) is 47.6. The normalized spacial score (nSPS) is 17.6. The van der Waals surface area contributed by atoms with Crippen LogP contribution >= 0.6 is 69.6 Å². The number of aromatic nitrogens is 6. The van der Waals surface area contributed by atoms with Crippen molar-refractivity contribution in [1.29, 1.82) is 0 Å². The molecule has 39 heteroatoms. The zero-order chi connectivity index (χ0) is 86.6. The molecule has 8 aromatic rings. The van der Waals surface area contributed by atoms with Gasteiger partial charge in [0.15, 0.2) is 0 Å². The summed E-state index contributed by atoms with van der Waals surface area (Å²) in [5.74, 6) is -0.319. The van der Waals surface area contributed by atoms with Crippen molar-refractivity contribution in [3.8, 4) is 0 Å². The Bertz CT molecular complexity index is 5120. The fourth-order valence-electron chi connectivity index (χ4n) is 15.8. The minimum absolute atomic E-state index is 0.0830. The van der Waals surface area contributed by atoms with E-state index in [0.717, 1.165) is 61.5 Å². The third-order valence-corrected chi connectivity index (χ3v) is 27.7. The Morgan fingerprint density at radius 3 is 1.07 bits per heavy atom. The third kappa shape index (κ3) is 26.5. The summed E-state index contributed by atoms with van der Waals surface area (Å²) in [7, 11) is -5.44. The van der Waals surface area contributed by atoms with Crippen LogP contribution < -0.4 is 14.2 Å². The van der Waals surface area contributed by atoms with Crippen molar-refractivity contribution in [2.24, 2.45) is 0 Å². The molecular weight excluding hydrogens is 1770 g/mol. The first-order chi connectivity index (χ1) is 59.3. The Morgan fingerprint density at radius 1 is 0.415 bits per heavy atom. The largest absolute Gasteiger partial charge is 0.378 e. The number of hydrazine groups is 1. The second kappa shape index (κ2) is 45.1. The topological polar surface area (TPSA) is 302 Å². The Kier molecular flexibility index (Phi) is 34.6. The van der Waals surface area contributed by atoms with Gasteiger partial charge in [-0.3, -0.25) is 4.90 Å². The fraction of sp³-hybridized carbons (Fsp3) is 0.488. The summed E-state index contributed by atoms with van der Waals surface area (Å²) in [4.78, 5) is 9.24. The van der Waals surface area contributed by atoms with Gasteiger partial charge >= 0.3 is 0 Å². The van der Waals surface area contributed by atoms with Crippen molar-refractivity contribution in [1.82, 2.24) is 68.8 Å². The number of rotatable bonds is 51. The zero-order valence-electron chi connectivity index (χ0n) is 69.3. The summed E-state index contributed by atoms with van der Waals surface area (Å²) in [6.45, 7) is 15.0. The van der Waals surface area contributed by atoms with Crippen molar-refractivity contribution >= 4 is 105 Å². The van der Waals surface area contributed by atoms with E-state index in [4.69, 9.17) is 112 Å². The van der Waals surface area contributed by atoms with Crippen LogP contribution in [-0.2, 0) is 119 Å². The molecule has 2 aromatic heterocycles. The van der Waals surface area contributed by atoms with Gasteiger partial charge < -0.3 is 57.3 Å². The predicted molar refractivity (Wildman–Crippen MR) is 470 cm³/mol. The van der Waals surface area contributed by atoms with Gasteiger partial charge in [0, 0.05) is 151 Å². The van der Waals surface area contributed by atoms with Gasteiger partial charge in [-0.1, -0.05) is 121 Å². The van der Waals surface area contributed by atoms with Crippen LogP contribution in [0.2, 0.25) is 30.1 Å². The molecule has 13 rings (SSSR count). The molecule has 4 atom stereocenters. The fourth-order valence-corrected chi connectivity index (χ4v) is 20.7. The number of likely N-dealkylation sites (N-methyl/N-ethyl adjacent to an activating group) is 3. The van der Waals surface area contributed by atoms with Crippen molar-refractivity contribution in [2.45, 2.75) is 91.2 Å². The molecule has 666 valence electrons. The van der Waals surface area contributed by atoms with Crippen LogP contribution in [0.4, 0.5) is 0 Å². The van der Waals surface area contributed by atoms with Gasteiger partial charge in [0.1, 0.15) is 6.54 Å². The number of fused-ring (bicyclic) bond motifs is 4. The number of halogens is 6. The van der Waals surface area contributed by atoms with Gasteiger partial charge in [0.2, 0.25) is 30.1 Å². The minimum atomic E-state index is -3.82. The highest BCUT2D eigenvalue weighted by Gasteiger charge is 2.57. The highest BCUT2D eigenvalue weighted by atomic mass is 35.5. The predicted octanol–water partition coefficient (Wildman–Crippen LogP) is 9.58. The summed E-state index contributed by atoms with van der Waals surface area (Å²) >= 11 is 39.0. The lowest BCUT2D eigenvalue weighted by atomic mass is 9.85. The molecule has 7 heterocycles. The average Bonchev–Trinajstić information content (AvgIpc) is 1.56. The summed E-state index contributed by atoms with van der Waals surface area (Å²) in [6, 6.07) is 32.0. The van der Waals surface area contributed by atoms with Gasteiger partial charge in [-0.25, -0.2) is 48.8 Å². The van der Waals surface area contributed by atoms with E-state index in [0.29, 0.717) is 188 Å². The molecule has 5 aliphatic heterocycles. The second-order valence-corrected chi connectivity index (χ2v) is 38.7. The van der Waals surface area contributed by atoms with Crippen LogP contribution in [-0.4, -0.2) is 289 Å². The lowest BCUT2D eigenvalue weighted by Gasteiger charge is -2.33. The van der Waals surface area contributed by atoms with Crippen molar-refractivity contribution in [3.63, 3.8) is 0 Å². The van der Waals surface area contributed by atoms with Gasteiger partial charge in [-0.2, -0.15) is 5.01 Å². The number of benzene rings is 6. The molecule has 30 nitrogen and oxygen atoms in total. The molecule has 4 unspecified atom stereocenters. The maximum Gasteiger partial charge on any atom is 0.286 e. The monoisotopic (exact) mass is 1870 g/mol. The molecular formula is C84H106Cl6N15O15S3+. The second-order valence-electron chi connectivity index (χ2n) is 30.9. The first kappa shape index (κ1) is 94.4. The number of hydrazone groups is 1. The van der Waals surface area contributed by atoms with E-state index in [1.807, 2.05) is 69.9 Å². The first-order valence-electron chi connectivity index (χ1n) is 40.9. The van der Waals surface area contributed by atoms with Gasteiger partial charge in [0.05, 0.1) is 164 Å². The summed E-state index contributed by atoms with van der Waals surface area (Å²) in [6.07, 6.45) is 6.01. The zero-order valence-corrected chi connectivity index (χ0v) is 76.2. The maximum atomic E-state index is 13.4. The maximum absolute atomic E-state index is 13.4. The van der Waals surface area contributed by atoms with Crippen molar-refractivity contribution < 1.29 is 72.6 Å². The van der Waals surface area contributed by atoms with E-state index in [2.05, 4.69) is 77.2 Å². The minimum Gasteiger partial charge on any atom is -0.378 e.